The molecule has 1 heterocycles. The van der Waals surface area contributed by atoms with Crippen molar-refractivity contribution < 1.29 is 9.18 Å². The molecule has 1 aromatic heterocycles. The second kappa shape index (κ2) is 8.49. The van der Waals surface area contributed by atoms with Crippen molar-refractivity contribution in [2.75, 3.05) is 5.32 Å². The van der Waals surface area contributed by atoms with E-state index >= 15 is 0 Å². The highest BCUT2D eigenvalue weighted by atomic mass is 35.5. The molecule has 4 aromatic rings. The van der Waals surface area contributed by atoms with Crippen molar-refractivity contribution in [3.05, 3.63) is 93.5 Å². The molecule has 4 rings (SSSR count). The van der Waals surface area contributed by atoms with Gasteiger partial charge in [0.2, 0.25) is 5.82 Å². The number of nitrogens with zero attached hydrogens (tertiary/aromatic N) is 3. The molecule has 0 fully saturated rings. The van der Waals surface area contributed by atoms with Crippen LogP contribution in [0.1, 0.15) is 21.7 Å². The van der Waals surface area contributed by atoms with E-state index in [0.29, 0.717) is 27.1 Å². The van der Waals surface area contributed by atoms with Crippen LogP contribution in [0.5, 0.6) is 0 Å². The number of rotatable bonds is 4. The molecule has 1 N–H and O–H groups in total. The zero-order valence-corrected chi connectivity index (χ0v) is 18.2. The van der Waals surface area contributed by atoms with Crippen molar-refractivity contribution in [1.82, 2.24) is 14.8 Å². The third-order valence-electron chi connectivity index (χ3n) is 4.83. The van der Waals surface area contributed by atoms with Crippen LogP contribution in [-0.2, 0) is 0 Å². The monoisotopic (exact) mass is 454 g/mol. The second-order valence-electron chi connectivity index (χ2n) is 7.03. The van der Waals surface area contributed by atoms with E-state index in [4.69, 9.17) is 23.2 Å². The fourth-order valence-corrected chi connectivity index (χ4v) is 3.29. The fraction of sp³-hybridized carbons (Fsp3) is 0.0870. The summed E-state index contributed by atoms with van der Waals surface area (Å²) in [7, 11) is 0. The standard InChI is InChI=1S/C23H17Cl2FN4O/c1-13-3-9-18(11-14(13)2)30-22(15-4-6-16(26)7-5-15)28-21(29-30)23(31)27-17-8-10-19(24)20(25)12-17/h3-12H,1-2H3,(H,27,31). The average molecular weight is 455 g/mol. The molecule has 0 atom stereocenters. The van der Waals surface area contributed by atoms with E-state index < -0.39 is 5.91 Å². The van der Waals surface area contributed by atoms with E-state index in [-0.39, 0.29) is 11.6 Å². The molecule has 0 saturated carbocycles. The Labute approximate surface area is 188 Å². The maximum atomic E-state index is 13.4. The lowest BCUT2D eigenvalue weighted by Gasteiger charge is -2.08. The van der Waals surface area contributed by atoms with Gasteiger partial charge in [-0.05, 0) is 79.6 Å². The summed E-state index contributed by atoms with van der Waals surface area (Å²) in [5, 5.41) is 7.85. The molecule has 0 aliphatic carbocycles. The fourth-order valence-electron chi connectivity index (χ4n) is 2.99. The summed E-state index contributed by atoms with van der Waals surface area (Å²) in [6, 6.07) is 16.4. The number of nitrogens with one attached hydrogen (secondary N) is 1. The Morgan fingerprint density at radius 2 is 1.68 bits per heavy atom. The van der Waals surface area contributed by atoms with Crippen molar-refractivity contribution in [2.45, 2.75) is 13.8 Å². The molecule has 1 amide bonds. The number of anilines is 1. The smallest absolute Gasteiger partial charge is 0.295 e. The molecule has 0 aliphatic heterocycles. The molecule has 0 radical (unpaired) electrons. The minimum absolute atomic E-state index is 0.0383. The van der Waals surface area contributed by atoms with Gasteiger partial charge in [-0.3, -0.25) is 4.79 Å². The Hall–Kier alpha value is -3.22. The predicted molar refractivity (Wildman–Crippen MR) is 121 cm³/mol. The summed E-state index contributed by atoms with van der Waals surface area (Å²) in [5.41, 5.74) is 4.03. The summed E-state index contributed by atoms with van der Waals surface area (Å²) in [5.74, 6) is -0.492. The zero-order chi connectivity index (χ0) is 22.1. The minimum Gasteiger partial charge on any atom is -0.319 e. The highest BCUT2D eigenvalue weighted by Crippen LogP contribution is 2.26. The van der Waals surface area contributed by atoms with Gasteiger partial charge in [0.25, 0.3) is 5.91 Å². The molecular formula is C23H17Cl2FN4O. The topological polar surface area (TPSA) is 59.8 Å². The van der Waals surface area contributed by atoms with Crippen molar-refractivity contribution in [3.8, 4) is 17.1 Å². The number of aromatic nitrogens is 3. The Bertz CT molecular complexity index is 1290. The van der Waals surface area contributed by atoms with Gasteiger partial charge >= 0.3 is 0 Å². The molecular weight excluding hydrogens is 438 g/mol. The Morgan fingerprint density at radius 3 is 2.35 bits per heavy atom. The van der Waals surface area contributed by atoms with Crippen LogP contribution in [0.3, 0.4) is 0 Å². The van der Waals surface area contributed by atoms with Gasteiger partial charge in [-0.1, -0.05) is 29.3 Å². The molecule has 0 aliphatic rings. The first-order valence-corrected chi connectivity index (χ1v) is 10.1. The third kappa shape index (κ3) is 4.45. The number of aryl methyl sites for hydroxylation is 2. The summed E-state index contributed by atoms with van der Waals surface area (Å²) in [6.45, 7) is 4.00. The highest BCUT2D eigenvalue weighted by Gasteiger charge is 2.19. The van der Waals surface area contributed by atoms with Gasteiger partial charge in [-0.15, -0.1) is 5.10 Å². The van der Waals surface area contributed by atoms with Crippen LogP contribution in [-0.4, -0.2) is 20.7 Å². The maximum Gasteiger partial charge on any atom is 0.295 e. The Kier molecular flexibility index (Phi) is 5.76. The molecule has 31 heavy (non-hydrogen) atoms. The molecule has 156 valence electrons. The van der Waals surface area contributed by atoms with Gasteiger partial charge in [0, 0.05) is 11.3 Å². The van der Waals surface area contributed by atoms with Gasteiger partial charge in [0.05, 0.1) is 15.7 Å². The van der Waals surface area contributed by atoms with E-state index in [9.17, 15) is 9.18 Å². The van der Waals surface area contributed by atoms with Gasteiger partial charge in [-0.25, -0.2) is 14.1 Å². The number of carbonyl (C=O) groups is 1. The summed E-state index contributed by atoms with van der Waals surface area (Å²) in [4.78, 5) is 17.3. The van der Waals surface area contributed by atoms with Crippen LogP contribution in [0, 0.1) is 19.7 Å². The molecule has 3 aromatic carbocycles. The number of carbonyl (C=O) groups excluding carboxylic acids is 1. The van der Waals surface area contributed by atoms with Gasteiger partial charge in [0.15, 0.2) is 5.82 Å². The van der Waals surface area contributed by atoms with Gasteiger partial charge in [-0.2, -0.15) is 0 Å². The first kappa shape index (κ1) is 21.0. The largest absolute Gasteiger partial charge is 0.319 e. The Morgan fingerprint density at radius 1 is 0.935 bits per heavy atom. The normalized spacial score (nSPS) is 10.9. The second-order valence-corrected chi connectivity index (χ2v) is 7.84. The molecule has 0 unspecified atom stereocenters. The first-order chi connectivity index (χ1) is 14.8. The SMILES string of the molecule is Cc1ccc(-n2nc(C(=O)Nc3ccc(Cl)c(Cl)c3)nc2-c2ccc(F)cc2)cc1C. The lowest BCUT2D eigenvalue weighted by molar-refractivity contribution is 0.101. The van der Waals surface area contributed by atoms with Crippen LogP contribution >= 0.6 is 23.2 Å². The van der Waals surface area contributed by atoms with Gasteiger partial charge < -0.3 is 5.32 Å². The molecule has 8 heteroatoms. The van der Waals surface area contributed by atoms with Gasteiger partial charge in [0.1, 0.15) is 5.82 Å². The number of hydrogen-bond acceptors (Lipinski definition) is 3. The average Bonchev–Trinajstić information content (AvgIpc) is 3.19. The van der Waals surface area contributed by atoms with Crippen LogP contribution in [0.4, 0.5) is 10.1 Å². The summed E-state index contributed by atoms with van der Waals surface area (Å²) < 4.78 is 15.0. The molecule has 0 spiro atoms. The van der Waals surface area contributed by atoms with Crippen molar-refractivity contribution in [1.29, 1.82) is 0 Å². The highest BCUT2D eigenvalue weighted by molar-refractivity contribution is 6.42. The minimum atomic E-state index is -0.510. The zero-order valence-electron chi connectivity index (χ0n) is 16.7. The van der Waals surface area contributed by atoms with E-state index in [1.807, 2.05) is 32.0 Å². The van der Waals surface area contributed by atoms with E-state index in [0.717, 1.165) is 16.8 Å². The first-order valence-electron chi connectivity index (χ1n) is 9.39. The van der Waals surface area contributed by atoms with E-state index in [2.05, 4.69) is 15.4 Å². The van der Waals surface area contributed by atoms with Crippen molar-refractivity contribution >= 4 is 34.8 Å². The van der Waals surface area contributed by atoms with Crippen LogP contribution in [0.25, 0.3) is 17.1 Å². The molecule has 0 saturated heterocycles. The lowest BCUT2D eigenvalue weighted by atomic mass is 10.1. The summed E-state index contributed by atoms with van der Waals surface area (Å²) >= 11 is 12.0. The molecule has 0 bridgehead atoms. The van der Waals surface area contributed by atoms with Crippen molar-refractivity contribution in [3.63, 3.8) is 0 Å². The number of hydrogen-bond donors (Lipinski definition) is 1. The van der Waals surface area contributed by atoms with Crippen molar-refractivity contribution in [2.24, 2.45) is 0 Å². The number of halogens is 3. The number of benzene rings is 3. The van der Waals surface area contributed by atoms with Crippen LogP contribution in [0.15, 0.2) is 60.7 Å². The third-order valence-corrected chi connectivity index (χ3v) is 5.56. The lowest BCUT2D eigenvalue weighted by Crippen LogP contribution is -2.14. The molecule has 5 nitrogen and oxygen atoms in total. The van der Waals surface area contributed by atoms with Crippen LogP contribution in [0.2, 0.25) is 10.0 Å². The summed E-state index contributed by atoms with van der Waals surface area (Å²) in [6.07, 6.45) is 0. The predicted octanol–water partition coefficient (Wildman–Crippen LogP) is 6.25. The maximum absolute atomic E-state index is 13.4. The Balaban J connectivity index is 1.76. The number of amides is 1. The van der Waals surface area contributed by atoms with E-state index in [1.165, 1.54) is 12.1 Å². The van der Waals surface area contributed by atoms with Crippen LogP contribution < -0.4 is 5.32 Å². The van der Waals surface area contributed by atoms with E-state index in [1.54, 1.807) is 35.0 Å². The quantitative estimate of drug-likeness (QED) is 0.396.